The predicted octanol–water partition coefficient (Wildman–Crippen LogP) is 3.28. The second-order valence-electron chi connectivity index (χ2n) is 10.5. The molecule has 0 aliphatic carbocycles. The average Bonchev–Trinajstić information content (AvgIpc) is 3.18. The minimum atomic E-state index is -0.445. The summed E-state index contributed by atoms with van der Waals surface area (Å²) in [7, 11) is 0. The van der Waals surface area contributed by atoms with Crippen LogP contribution in [0.1, 0.15) is 47.2 Å². The highest BCUT2D eigenvalue weighted by molar-refractivity contribution is 7.98. The molecule has 1 amide bonds. The van der Waals surface area contributed by atoms with E-state index < -0.39 is 6.29 Å². The maximum absolute atomic E-state index is 13.5. The molecule has 1 aromatic carbocycles. The fraction of sp³-hybridized carbons (Fsp3) is 0.500. The summed E-state index contributed by atoms with van der Waals surface area (Å²) in [5, 5.41) is 7.41. The van der Waals surface area contributed by atoms with E-state index in [0.29, 0.717) is 37.6 Å². The van der Waals surface area contributed by atoms with Gasteiger partial charge in [0.2, 0.25) is 0 Å². The minimum absolute atomic E-state index is 0.0225. The first-order chi connectivity index (χ1) is 18.2. The van der Waals surface area contributed by atoms with E-state index in [0.717, 1.165) is 27.2 Å². The second kappa shape index (κ2) is 10.9. The Morgan fingerprint density at radius 3 is 2.61 bits per heavy atom. The van der Waals surface area contributed by atoms with E-state index in [2.05, 4.69) is 34.0 Å². The summed E-state index contributed by atoms with van der Waals surface area (Å²) in [6, 6.07) is 9.73. The van der Waals surface area contributed by atoms with Gasteiger partial charge in [0.05, 0.1) is 49.6 Å². The van der Waals surface area contributed by atoms with Crippen molar-refractivity contribution in [1.29, 1.82) is 0 Å². The zero-order valence-electron chi connectivity index (χ0n) is 22.6. The Balaban J connectivity index is 1.35. The third-order valence-electron chi connectivity index (χ3n) is 7.38. The average molecular weight is 541 g/mol. The highest BCUT2D eigenvalue weighted by atomic mass is 32.2. The van der Waals surface area contributed by atoms with Crippen LogP contribution >= 0.6 is 11.8 Å². The number of nitrogens with one attached hydrogen (secondary N) is 3. The molecule has 3 N–H and O–H groups in total. The zero-order valence-corrected chi connectivity index (χ0v) is 23.4. The van der Waals surface area contributed by atoms with Gasteiger partial charge in [-0.05, 0) is 46.1 Å². The molecule has 10 heteroatoms. The Morgan fingerprint density at radius 1 is 1.24 bits per heavy atom. The number of pyridine rings is 1. The fourth-order valence-corrected chi connectivity index (χ4v) is 6.19. The largest absolute Gasteiger partial charge is 0.377 e. The molecule has 9 nitrogen and oxygen atoms in total. The van der Waals surface area contributed by atoms with Crippen LogP contribution in [0.25, 0.3) is 10.9 Å². The van der Waals surface area contributed by atoms with Crippen molar-refractivity contribution in [2.24, 2.45) is 0 Å². The predicted molar refractivity (Wildman–Crippen MR) is 148 cm³/mol. The molecule has 0 unspecified atom stereocenters. The number of aromatic nitrogens is 2. The van der Waals surface area contributed by atoms with Gasteiger partial charge >= 0.3 is 0 Å². The van der Waals surface area contributed by atoms with Crippen LogP contribution in [0.2, 0.25) is 0 Å². The monoisotopic (exact) mass is 540 g/mol. The summed E-state index contributed by atoms with van der Waals surface area (Å²) in [6.07, 6.45) is 1.48. The molecule has 2 saturated heterocycles. The molecule has 1 atom stereocenters. The molecule has 0 radical (unpaired) electrons. The number of amides is 1. The number of rotatable bonds is 8. The third-order valence-corrected chi connectivity index (χ3v) is 8.18. The van der Waals surface area contributed by atoms with Crippen LogP contribution in [0, 0.1) is 13.8 Å². The fourth-order valence-electron chi connectivity index (χ4n) is 5.48. The topological polar surface area (TPSA) is 107 Å². The number of benzene rings is 1. The van der Waals surface area contributed by atoms with Crippen LogP contribution in [0.5, 0.6) is 0 Å². The highest BCUT2D eigenvalue weighted by Gasteiger charge is 2.38. The number of carbonyl (C=O) groups excluding carboxylic acids is 1. The van der Waals surface area contributed by atoms with Gasteiger partial charge < -0.3 is 34.4 Å². The van der Waals surface area contributed by atoms with Gasteiger partial charge in [-0.3, -0.25) is 9.59 Å². The molecule has 3 aromatic rings. The van der Waals surface area contributed by atoms with Crippen LogP contribution in [0.3, 0.4) is 0 Å². The molecule has 4 heterocycles. The van der Waals surface area contributed by atoms with Gasteiger partial charge in [0.15, 0.2) is 6.29 Å². The lowest BCUT2D eigenvalue weighted by Gasteiger charge is -2.43. The maximum atomic E-state index is 13.5. The van der Waals surface area contributed by atoms with Crippen molar-refractivity contribution < 1.29 is 19.0 Å². The summed E-state index contributed by atoms with van der Waals surface area (Å²) in [5.74, 6) is -0.220. The third kappa shape index (κ3) is 5.15. The lowest BCUT2D eigenvalue weighted by molar-refractivity contribution is -0.214. The van der Waals surface area contributed by atoms with Gasteiger partial charge in [0, 0.05) is 39.3 Å². The number of aromatic amines is 1. The summed E-state index contributed by atoms with van der Waals surface area (Å²) in [6.45, 7) is 10.6. The lowest BCUT2D eigenvalue weighted by Crippen LogP contribution is -2.64. The molecule has 2 aromatic heterocycles. The van der Waals surface area contributed by atoms with Crippen LogP contribution in [0.15, 0.2) is 40.0 Å². The lowest BCUT2D eigenvalue weighted by atomic mass is 9.99. The zero-order chi connectivity index (χ0) is 27.0. The Morgan fingerprint density at radius 2 is 1.95 bits per heavy atom. The van der Waals surface area contributed by atoms with Gasteiger partial charge in [-0.25, -0.2) is 0 Å². The highest BCUT2D eigenvalue weighted by Crippen LogP contribution is 2.32. The summed E-state index contributed by atoms with van der Waals surface area (Å²) in [5.41, 5.74) is 3.50. The molecule has 2 fully saturated rings. The number of hydrogen-bond acceptors (Lipinski definition) is 7. The number of carbonyl (C=O) groups is 1. The molecule has 2 aliphatic rings. The Labute approximate surface area is 226 Å². The quantitative estimate of drug-likeness (QED) is 0.377. The van der Waals surface area contributed by atoms with Crippen LogP contribution in [-0.2, 0) is 20.8 Å². The summed E-state index contributed by atoms with van der Waals surface area (Å²) < 4.78 is 19.8. The maximum Gasteiger partial charge on any atom is 0.254 e. The number of nitrogens with zero attached hydrogens (tertiary/aromatic N) is 1. The van der Waals surface area contributed by atoms with Crippen LogP contribution < -0.4 is 16.2 Å². The van der Waals surface area contributed by atoms with Gasteiger partial charge in [0.1, 0.15) is 0 Å². The van der Waals surface area contributed by atoms with E-state index in [1.54, 1.807) is 0 Å². The molecular formula is C28H36N4O5S. The molecule has 38 heavy (non-hydrogen) atoms. The van der Waals surface area contributed by atoms with Crippen molar-refractivity contribution in [2.45, 2.75) is 63.0 Å². The van der Waals surface area contributed by atoms with Crippen LogP contribution in [0.4, 0.5) is 0 Å². The van der Waals surface area contributed by atoms with Crippen molar-refractivity contribution >= 4 is 28.6 Å². The number of hydrogen-bond donors (Lipinski definition) is 3. The van der Waals surface area contributed by atoms with E-state index in [9.17, 15) is 9.59 Å². The first kappa shape index (κ1) is 27.0. The van der Waals surface area contributed by atoms with E-state index in [1.165, 1.54) is 11.8 Å². The van der Waals surface area contributed by atoms with Crippen molar-refractivity contribution in [2.75, 3.05) is 32.7 Å². The number of fused-ring (bicyclic) bond motifs is 1. The van der Waals surface area contributed by atoms with Gasteiger partial charge in [-0.1, -0.05) is 18.2 Å². The smallest absolute Gasteiger partial charge is 0.254 e. The Kier molecular flexibility index (Phi) is 7.70. The summed E-state index contributed by atoms with van der Waals surface area (Å²) in [4.78, 5) is 29.8. The van der Waals surface area contributed by atoms with Crippen molar-refractivity contribution in [1.82, 2.24) is 20.2 Å². The summed E-state index contributed by atoms with van der Waals surface area (Å²) >= 11 is 1.49. The van der Waals surface area contributed by atoms with E-state index in [4.69, 9.17) is 14.2 Å². The van der Waals surface area contributed by atoms with Crippen LogP contribution in [-0.4, -0.2) is 66.0 Å². The SMILES string of the molecule is CSc1cc(C)[nH]c(=O)c1CNC(=O)c1c(C)n([C@H](C)C2OCC(NC3(C)COC3)CO2)c2ccccc12. The number of H-pyrrole nitrogens is 1. The minimum Gasteiger partial charge on any atom is -0.377 e. The molecule has 0 spiro atoms. The van der Waals surface area contributed by atoms with Gasteiger partial charge in [0.25, 0.3) is 11.5 Å². The standard InChI is InChI=1S/C28H36N4O5S/c1-16-10-23(38-5)21(25(33)30-16)11-29-26(34)24-17(2)32(22-9-7-6-8-20(22)24)18(3)27-36-12-19(13-37-27)31-28(4)14-35-15-28/h6-10,18-19,27,31H,11-15H2,1-5H3,(H,29,34)(H,30,33)/t18-,19?,27?/m1/s1. The van der Waals surface area contributed by atoms with Crippen molar-refractivity contribution in [3.8, 4) is 0 Å². The molecule has 5 rings (SSSR count). The van der Waals surface area contributed by atoms with E-state index in [1.807, 2.05) is 50.4 Å². The normalized spacial score (nSPS) is 21.7. The number of thioether (sulfide) groups is 1. The van der Waals surface area contributed by atoms with Gasteiger partial charge in [-0.2, -0.15) is 0 Å². The molecule has 204 valence electrons. The molecule has 0 bridgehead atoms. The van der Waals surface area contributed by atoms with Crippen molar-refractivity contribution in [3.05, 3.63) is 63.2 Å². The number of para-hydroxylation sites is 1. The Hall–Kier alpha value is -2.63. The molecule has 2 aliphatic heterocycles. The first-order valence-corrected chi connectivity index (χ1v) is 14.2. The number of ether oxygens (including phenoxy) is 3. The van der Waals surface area contributed by atoms with E-state index >= 15 is 0 Å². The Bertz CT molecular complexity index is 1390. The van der Waals surface area contributed by atoms with Crippen molar-refractivity contribution in [3.63, 3.8) is 0 Å². The van der Waals surface area contributed by atoms with Gasteiger partial charge in [-0.15, -0.1) is 11.8 Å². The second-order valence-corrected chi connectivity index (χ2v) is 11.4. The first-order valence-electron chi connectivity index (χ1n) is 12.9. The number of aryl methyl sites for hydroxylation is 1. The molecular weight excluding hydrogens is 504 g/mol. The molecule has 0 saturated carbocycles. The van der Waals surface area contributed by atoms with E-state index in [-0.39, 0.29) is 35.6 Å².